The molecule has 25 heavy (non-hydrogen) atoms. The van der Waals surface area contributed by atoms with Crippen molar-refractivity contribution in [3.63, 3.8) is 0 Å². The molecule has 1 aromatic rings. The highest BCUT2D eigenvalue weighted by Gasteiger charge is 2.36. The summed E-state index contributed by atoms with van der Waals surface area (Å²) >= 11 is 0. The summed E-state index contributed by atoms with van der Waals surface area (Å²) in [5, 5.41) is 9.83. The van der Waals surface area contributed by atoms with Gasteiger partial charge in [0.05, 0.1) is 13.2 Å². The molecule has 1 atom stereocenters. The molecule has 1 fully saturated rings. The summed E-state index contributed by atoms with van der Waals surface area (Å²) in [6, 6.07) is 8.01. The van der Waals surface area contributed by atoms with Gasteiger partial charge in [-0.3, -0.25) is 9.69 Å². The number of carbonyl (C=O) groups is 1. The van der Waals surface area contributed by atoms with Gasteiger partial charge in [0.2, 0.25) is 5.91 Å². The van der Waals surface area contributed by atoms with E-state index in [9.17, 15) is 9.90 Å². The van der Waals surface area contributed by atoms with Crippen molar-refractivity contribution in [1.82, 2.24) is 9.80 Å². The van der Waals surface area contributed by atoms with E-state index in [0.717, 1.165) is 50.2 Å². The van der Waals surface area contributed by atoms with Crippen molar-refractivity contribution >= 4 is 5.91 Å². The molecule has 1 N–H and O–H groups in total. The molecule has 2 heterocycles. The fourth-order valence-electron chi connectivity index (χ4n) is 3.89. The zero-order valence-corrected chi connectivity index (χ0v) is 14.8. The molecule has 0 aromatic heterocycles. The third kappa shape index (κ3) is 4.22. The van der Waals surface area contributed by atoms with Gasteiger partial charge < -0.3 is 14.7 Å². The van der Waals surface area contributed by atoms with Gasteiger partial charge >= 0.3 is 0 Å². The minimum Gasteiger partial charge on any atom is -0.492 e. The third-order valence-electron chi connectivity index (χ3n) is 5.32. The Labute approximate surface area is 149 Å². The minimum absolute atomic E-state index is 0.105. The van der Waals surface area contributed by atoms with E-state index in [1.165, 1.54) is 0 Å². The van der Waals surface area contributed by atoms with Gasteiger partial charge in [-0.05, 0) is 25.3 Å². The van der Waals surface area contributed by atoms with Crippen LogP contribution >= 0.6 is 0 Å². The topological polar surface area (TPSA) is 53.0 Å². The van der Waals surface area contributed by atoms with Gasteiger partial charge in [-0.25, -0.2) is 0 Å². The largest absolute Gasteiger partial charge is 0.492 e. The minimum atomic E-state index is -0.218. The molecule has 2 aliphatic rings. The number of carbonyl (C=O) groups excluding carboxylic acids is 1. The molecule has 0 bridgehead atoms. The van der Waals surface area contributed by atoms with Crippen LogP contribution in [0.4, 0.5) is 0 Å². The predicted octanol–water partition coefficient (Wildman–Crippen LogP) is 2.06. The number of ether oxygens (including phenoxy) is 1. The van der Waals surface area contributed by atoms with Gasteiger partial charge in [-0.15, -0.1) is 6.58 Å². The number of aliphatic hydroxyl groups is 1. The smallest absolute Gasteiger partial charge is 0.236 e. The number of likely N-dealkylation sites (tertiary alicyclic amines) is 1. The number of rotatable bonds is 5. The molecular formula is C20H28N2O3. The molecule has 0 radical (unpaired) electrons. The first-order valence-electron chi connectivity index (χ1n) is 9.08. The second-order valence-corrected chi connectivity index (χ2v) is 7.24. The van der Waals surface area contributed by atoms with Gasteiger partial charge in [-0.1, -0.05) is 24.3 Å². The van der Waals surface area contributed by atoms with E-state index >= 15 is 0 Å². The van der Waals surface area contributed by atoms with Crippen molar-refractivity contribution in [1.29, 1.82) is 0 Å². The van der Waals surface area contributed by atoms with E-state index in [4.69, 9.17) is 4.74 Å². The first kappa shape index (κ1) is 18.0. The number of piperidine rings is 1. The van der Waals surface area contributed by atoms with E-state index in [-0.39, 0.29) is 17.9 Å². The number of fused-ring (bicyclic) bond motifs is 1. The van der Waals surface area contributed by atoms with Crippen LogP contribution < -0.4 is 4.74 Å². The van der Waals surface area contributed by atoms with Gasteiger partial charge in [0.15, 0.2) is 0 Å². The Bertz CT molecular complexity index is 619. The molecule has 5 heteroatoms. The van der Waals surface area contributed by atoms with Crippen molar-refractivity contribution in [2.75, 3.05) is 39.4 Å². The lowest BCUT2D eigenvalue weighted by Crippen LogP contribution is -2.50. The van der Waals surface area contributed by atoms with Crippen molar-refractivity contribution in [2.24, 2.45) is 5.41 Å². The van der Waals surface area contributed by atoms with Gasteiger partial charge in [0.1, 0.15) is 12.4 Å². The van der Waals surface area contributed by atoms with Crippen LogP contribution in [0.5, 0.6) is 5.75 Å². The van der Waals surface area contributed by atoms with Crippen molar-refractivity contribution in [2.45, 2.75) is 25.8 Å². The molecule has 0 aliphatic carbocycles. The van der Waals surface area contributed by atoms with Gasteiger partial charge in [0.25, 0.3) is 0 Å². The number of para-hydroxylation sites is 1. The van der Waals surface area contributed by atoms with Crippen LogP contribution in [-0.4, -0.2) is 60.2 Å². The Morgan fingerprint density at radius 2 is 2.20 bits per heavy atom. The number of benzene rings is 1. The van der Waals surface area contributed by atoms with Crippen LogP contribution in [0.15, 0.2) is 36.9 Å². The van der Waals surface area contributed by atoms with E-state index in [0.29, 0.717) is 19.7 Å². The molecular weight excluding hydrogens is 316 g/mol. The predicted molar refractivity (Wildman–Crippen MR) is 97.4 cm³/mol. The molecule has 0 unspecified atom stereocenters. The van der Waals surface area contributed by atoms with Gasteiger partial charge in [0, 0.05) is 37.2 Å². The normalized spacial score (nSPS) is 24.1. The summed E-state index contributed by atoms with van der Waals surface area (Å²) < 4.78 is 5.78. The maximum Gasteiger partial charge on any atom is 0.236 e. The van der Waals surface area contributed by atoms with Crippen molar-refractivity contribution < 1.29 is 14.6 Å². The summed E-state index contributed by atoms with van der Waals surface area (Å²) in [5.41, 5.74) is 0.910. The summed E-state index contributed by atoms with van der Waals surface area (Å²) in [6.07, 6.45) is 4.49. The highest BCUT2D eigenvalue weighted by Crippen LogP contribution is 2.33. The molecule has 0 saturated carbocycles. The first-order valence-corrected chi connectivity index (χ1v) is 9.08. The SMILES string of the molecule is C=CC[C@@]1(CO)CCCN(C(=O)CN2CCOc3ccccc3C2)C1. The standard InChI is InChI=1S/C20H28N2O3/c1-2-8-20(16-23)9-5-10-22(15-20)19(24)14-21-11-12-25-18-7-4-3-6-17(18)13-21/h2-4,6-7,23H,1,5,8-16H2/t20-/m1/s1. The van der Waals surface area contributed by atoms with Crippen LogP contribution in [-0.2, 0) is 11.3 Å². The second kappa shape index (κ2) is 8.02. The number of aliphatic hydroxyl groups excluding tert-OH is 1. The summed E-state index contributed by atoms with van der Waals surface area (Å²) in [7, 11) is 0. The third-order valence-corrected chi connectivity index (χ3v) is 5.32. The number of allylic oxidation sites excluding steroid dienone is 1. The number of amides is 1. The molecule has 136 valence electrons. The molecule has 0 spiro atoms. The Morgan fingerprint density at radius 1 is 1.36 bits per heavy atom. The maximum absolute atomic E-state index is 12.8. The van der Waals surface area contributed by atoms with Gasteiger partial charge in [-0.2, -0.15) is 0 Å². The maximum atomic E-state index is 12.8. The Kier molecular flexibility index (Phi) is 5.76. The van der Waals surface area contributed by atoms with E-state index < -0.39 is 0 Å². The Balaban J connectivity index is 1.63. The van der Waals surface area contributed by atoms with E-state index in [1.54, 1.807) is 0 Å². The quantitative estimate of drug-likeness (QED) is 0.831. The van der Waals surface area contributed by atoms with Crippen molar-refractivity contribution in [3.05, 3.63) is 42.5 Å². The number of nitrogens with zero attached hydrogens (tertiary/aromatic N) is 2. The molecule has 1 aromatic carbocycles. The summed E-state index contributed by atoms with van der Waals surface area (Å²) in [5.74, 6) is 1.06. The molecule has 1 amide bonds. The van der Waals surface area contributed by atoms with Crippen molar-refractivity contribution in [3.8, 4) is 5.75 Å². The van der Waals surface area contributed by atoms with Crippen LogP contribution in [0.1, 0.15) is 24.8 Å². The molecule has 2 aliphatic heterocycles. The first-order chi connectivity index (χ1) is 12.2. The lowest BCUT2D eigenvalue weighted by molar-refractivity contribution is -0.136. The molecule has 1 saturated heterocycles. The lowest BCUT2D eigenvalue weighted by atomic mass is 9.78. The lowest BCUT2D eigenvalue weighted by Gasteiger charge is -2.42. The fraction of sp³-hybridized carbons (Fsp3) is 0.550. The van der Waals surface area contributed by atoms with E-state index in [2.05, 4.69) is 17.5 Å². The zero-order valence-electron chi connectivity index (χ0n) is 14.8. The monoisotopic (exact) mass is 344 g/mol. The highest BCUT2D eigenvalue weighted by molar-refractivity contribution is 5.78. The van der Waals surface area contributed by atoms with E-state index in [1.807, 2.05) is 29.2 Å². The summed E-state index contributed by atoms with van der Waals surface area (Å²) in [4.78, 5) is 16.9. The Hall–Kier alpha value is -1.85. The molecule has 3 rings (SSSR count). The number of hydrogen-bond acceptors (Lipinski definition) is 4. The Morgan fingerprint density at radius 3 is 3.00 bits per heavy atom. The van der Waals surface area contributed by atoms with Crippen LogP contribution in [0.25, 0.3) is 0 Å². The number of hydrogen-bond donors (Lipinski definition) is 1. The average Bonchev–Trinajstić information content (AvgIpc) is 2.83. The molecule has 5 nitrogen and oxygen atoms in total. The highest BCUT2D eigenvalue weighted by atomic mass is 16.5. The van der Waals surface area contributed by atoms with Crippen LogP contribution in [0, 0.1) is 5.41 Å². The van der Waals surface area contributed by atoms with Crippen LogP contribution in [0.3, 0.4) is 0 Å². The second-order valence-electron chi connectivity index (χ2n) is 7.24. The average molecular weight is 344 g/mol. The fourth-order valence-corrected chi connectivity index (χ4v) is 3.89. The zero-order chi connectivity index (χ0) is 17.7. The summed E-state index contributed by atoms with van der Waals surface area (Å²) in [6.45, 7) is 7.77. The van der Waals surface area contributed by atoms with Crippen LogP contribution in [0.2, 0.25) is 0 Å².